The second kappa shape index (κ2) is 6.64. The van der Waals surface area contributed by atoms with E-state index in [0.29, 0.717) is 24.6 Å². The minimum absolute atomic E-state index is 0.0353. The van der Waals surface area contributed by atoms with Gasteiger partial charge in [0, 0.05) is 18.7 Å². The van der Waals surface area contributed by atoms with Crippen molar-refractivity contribution in [2.75, 3.05) is 18.6 Å². The van der Waals surface area contributed by atoms with Crippen molar-refractivity contribution in [1.29, 1.82) is 0 Å². The molecule has 2 atom stereocenters. The highest BCUT2D eigenvalue weighted by Crippen LogP contribution is 2.35. The Morgan fingerprint density at radius 2 is 2.25 bits per heavy atom. The highest BCUT2D eigenvalue weighted by molar-refractivity contribution is 7.98. The van der Waals surface area contributed by atoms with Gasteiger partial charge in [0.2, 0.25) is 5.91 Å². The van der Waals surface area contributed by atoms with Crippen molar-refractivity contribution in [2.24, 2.45) is 0 Å². The van der Waals surface area contributed by atoms with Crippen LogP contribution >= 0.6 is 11.8 Å². The molecule has 1 aromatic rings. The number of nitrogens with one attached hydrogen (secondary N) is 1. The number of hydrogen-bond acceptors (Lipinski definition) is 3. The minimum Gasteiger partial charge on any atom is -0.387 e. The molecule has 0 saturated carbocycles. The van der Waals surface area contributed by atoms with Crippen molar-refractivity contribution in [3.8, 4) is 0 Å². The minimum atomic E-state index is -0.831. The summed E-state index contributed by atoms with van der Waals surface area (Å²) < 4.78 is 0. The average Bonchev–Trinajstić information content (AvgIpc) is 2.80. The fourth-order valence-electron chi connectivity index (χ4n) is 2.80. The van der Waals surface area contributed by atoms with Gasteiger partial charge in [0.05, 0.1) is 5.60 Å². The first-order valence-corrected chi connectivity index (χ1v) is 8.47. The van der Waals surface area contributed by atoms with Gasteiger partial charge in [-0.1, -0.05) is 24.3 Å². The van der Waals surface area contributed by atoms with Gasteiger partial charge in [0.25, 0.3) is 0 Å². The highest BCUT2D eigenvalue weighted by Gasteiger charge is 2.25. The van der Waals surface area contributed by atoms with Crippen molar-refractivity contribution in [1.82, 2.24) is 5.32 Å². The molecule has 1 aliphatic rings. The number of aliphatic hydroxyl groups is 1. The first-order valence-electron chi connectivity index (χ1n) is 7.07. The zero-order valence-corrected chi connectivity index (χ0v) is 13.0. The summed E-state index contributed by atoms with van der Waals surface area (Å²) in [5.74, 6) is 0.990. The summed E-state index contributed by atoms with van der Waals surface area (Å²) >= 11 is 1.58. The average molecular weight is 293 g/mol. The number of benzene rings is 1. The number of hydrogen-bond donors (Lipinski definition) is 2. The fourth-order valence-corrected chi connectivity index (χ4v) is 3.53. The molecule has 0 spiro atoms. The Kier molecular flexibility index (Phi) is 5.11. The van der Waals surface area contributed by atoms with Crippen LogP contribution in [0, 0.1) is 0 Å². The lowest BCUT2D eigenvalue weighted by Crippen LogP contribution is -2.42. The summed E-state index contributed by atoms with van der Waals surface area (Å²) in [4.78, 5) is 12.0. The number of carbonyl (C=O) groups is 1. The Morgan fingerprint density at radius 1 is 1.50 bits per heavy atom. The Hall–Kier alpha value is -1.00. The van der Waals surface area contributed by atoms with Crippen LogP contribution in [0.25, 0.3) is 0 Å². The summed E-state index contributed by atoms with van der Waals surface area (Å²) in [5, 5.41) is 12.9. The number of aryl methyl sites for hydroxylation is 1. The molecule has 20 heavy (non-hydrogen) atoms. The number of amides is 1. The standard InChI is InChI=1S/C16H23NO2S/c1-16(19,11-20-2)10-17-15(18)9-13-8-7-12-5-3-4-6-14(12)13/h3-6,13,19H,7-11H2,1-2H3,(H,17,18). The van der Waals surface area contributed by atoms with E-state index in [9.17, 15) is 9.90 Å². The second-order valence-electron chi connectivity index (χ2n) is 5.85. The van der Waals surface area contributed by atoms with Crippen molar-refractivity contribution in [3.63, 3.8) is 0 Å². The van der Waals surface area contributed by atoms with Crippen molar-refractivity contribution in [3.05, 3.63) is 35.4 Å². The molecule has 2 unspecified atom stereocenters. The Balaban J connectivity index is 1.84. The van der Waals surface area contributed by atoms with E-state index in [1.54, 1.807) is 18.7 Å². The molecule has 0 saturated heterocycles. The molecule has 1 aromatic carbocycles. The molecule has 0 aliphatic heterocycles. The predicted molar refractivity (Wildman–Crippen MR) is 84.1 cm³/mol. The van der Waals surface area contributed by atoms with Gasteiger partial charge in [0.1, 0.15) is 0 Å². The molecule has 0 fully saturated rings. The van der Waals surface area contributed by atoms with Crippen LogP contribution in [0.15, 0.2) is 24.3 Å². The summed E-state index contributed by atoms with van der Waals surface area (Å²) in [5.41, 5.74) is 1.86. The lowest BCUT2D eigenvalue weighted by molar-refractivity contribution is -0.122. The van der Waals surface area contributed by atoms with Crippen LogP contribution in [0.4, 0.5) is 0 Å². The molecule has 1 amide bonds. The molecule has 3 nitrogen and oxygen atoms in total. The van der Waals surface area contributed by atoms with Gasteiger partial charge in [-0.3, -0.25) is 4.79 Å². The van der Waals surface area contributed by atoms with Crippen LogP contribution < -0.4 is 5.32 Å². The zero-order chi connectivity index (χ0) is 14.6. The SMILES string of the molecule is CSCC(C)(O)CNC(=O)CC1CCc2ccccc21. The first-order chi connectivity index (χ1) is 9.52. The number of carbonyl (C=O) groups excluding carboxylic acids is 1. The molecule has 2 rings (SSSR count). The fraction of sp³-hybridized carbons (Fsp3) is 0.562. The van der Waals surface area contributed by atoms with Gasteiger partial charge in [-0.25, -0.2) is 0 Å². The molecular weight excluding hydrogens is 270 g/mol. The van der Waals surface area contributed by atoms with Gasteiger partial charge in [-0.05, 0) is 43.1 Å². The summed E-state index contributed by atoms with van der Waals surface area (Å²) in [7, 11) is 0. The molecule has 0 radical (unpaired) electrons. The van der Waals surface area contributed by atoms with Crippen LogP contribution in [0.5, 0.6) is 0 Å². The second-order valence-corrected chi connectivity index (χ2v) is 6.71. The molecule has 1 aliphatic carbocycles. The van der Waals surface area contributed by atoms with Gasteiger partial charge in [-0.2, -0.15) is 11.8 Å². The van der Waals surface area contributed by atoms with Crippen LogP contribution in [0.2, 0.25) is 0 Å². The van der Waals surface area contributed by atoms with E-state index in [2.05, 4.69) is 23.5 Å². The molecule has 0 heterocycles. The maximum Gasteiger partial charge on any atom is 0.220 e. The van der Waals surface area contributed by atoms with Gasteiger partial charge in [0.15, 0.2) is 0 Å². The quantitative estimate of drug-likeness (QED) is 0.846. The normalized spacial score (nSPS) is 20.2. The Bertz CT molecular complexity index is 473. The van der Waals surface area contributed by atoms with E-state index < -0.39 is 5.60 Å². The lowest BCUT2D eigenvalue weighted by Gasteiger charge is -2.23. The Morgan fingerprint density at radius 3 is 3.00 bits per heavy atom. The predicted octanol–water partition coefficient (Wildman–Crippen LogP) is 2.34. The van der Waals surface area contributed by atoms with Gasteiger partial charge >= 0.3 is 0 Å². The summed E-state index contributed by atoms with van der Waals surface area (Å²) in [6.45, 7) is 2.08. The number of thioether (sulfide) groups is 1. The topological polar surface area (TPSA) is 49.3 Å². The molecule has 110 valence electrons. The van der Waals surface area contributed by atoms with E-state index in [1.165, 1.54) is 11.1 Å². The third-order valence-corrected chi connectivity index (χ3v) is 4.72. The van der Waals surface area contributed by atoms with Crippen molar-refractivity contribution < 1.29 is 9.90 Å². The van der Waals surface area contributed by atoms with E-state index >= 15 is 0 Å². The highest BCUT2D eigenvalue weighted by atomic mass is 32.2. The smallest absolute Gasteiger partial charge is 0.220 e. The van der Waals surface area contributed by atoms with E-state index in [4.69, 9.17) is 0 Å². The van der Waals surface area contributed by atoms with Crippen LogP contribution in [-0.4, -0.2) is 35.2 Å². The maximum atomic E-state index is 12.0. The van der Waals surface area contributed by atoms with Crippen LogP contribution in [-0.2, 0) is 11.2 Å². The first kappa shape index (κ1) is 15.4. The van der Waals surface area contributed by atoms with E-state index in [0.717, 1.165) is 12.8 Å². The van der Waals surface area contributed by atoms with Gasteiger partial charge < -0.3 is 10.4 Å². The maximum absolute atomic E-state index is 12.0. The zero-order valence-electron chi connectivity index (χ0n) is 12.2. The van der Waals surface area contributed by atoms with Crippen LogP contribution in [0.3, 0.4) is 0 Å². The lowest BCUT2D eigenvalue weighted by atomic mass is 9.97. The number of rotatable bonds is 6. The summed E-state index contributed by atoms with van der Waals surface area (Å²) in [6.07, 6.45) is 4.59. The Labute approximate surface area is 125 Å². The van der Waals surface area contributed by atoms with E-state index in [-0.39, 0.29) is 5.91 Å². The number of fused-ring (bicyclic) bond motifs is 1. The third-order valence-electron chi connectivity index (χ3n) is 3.81. The monoisotopic (exact) mass is 293 g/mol. The molecule has 2 N–H and O–H groups in total. The van der Waals surface area contributed by atoms with Crippen molar-refractivity contribution >= 4 is 17.7 Å². The molecule has 4 heteroatoms. The third kappa shape index (κ3) is 4.00. The molecule has 0 aromatic heterocycles. The molecular formula is C16H23NO2S. The van der Waals surface area contributed by atoms with E-state index in [1.807, 2.05) is 12.3 Å². The van der Waals surface area contributed by atoms with Gasteiger partial charge in [-0.15, -0.1) is 0 Å². The van der Waals surface area contributed by atoms with Crippen LogP contribution in [0.1, 0.15) is 36.8 Å². The summed E-state index contributed by atoms with van der Waals surface area (Å²) in [6, 6.07) is 8.37. The largest absolute Gasteiger partial charge is 0.387 e. The molecule has 0 bridgehead atoms. The van der Waals surface area contributed by atoms with Crippen molar-refractivity contribution in [2.45, 2.75) is 37.7 Å².